The molecule has 0 unspecified atom stereocenters. The van der Waals surface area contributed by atoms with Gasteiger partial charge in [0.1, 0.15) is 0 Å². The van der Waals surface area contributed by atoms with Crippen molar-refractivity contribution in [2.24, 2.45) is 0 Å². The minimum atomic E-state index is 0.636. The number of likely N-dealkylation sites (tertiary alicyclic amines) is 1. The molecule has 0 radical (unpaired) electrons. The monoisotopic (exact) mass is 224 g/mol. The van der Waals surface area contributed by atoms with Crippen molar-refractivity contribution in [3.8, 4) is 0 Å². The number of methoxy groups -OCH3 is 1. The number of ether oxygens (including phenoxy) is 1. The third-order valence-corrected chi connectivity index (χ3v) is 2.97. The van der Waals surface area contributed by atoms with Crippen LogP contribution in [-0.4, -0.2) is 56.3 Å². The average Bonchev–Trinajstić information content (AvgIpc) is 2.26. The lowest BCUT2D eigenvalue weighted by molar-refractivity contribution is 0.145. The molecule has 2 heterocycles. The van der Waals surface area contributed by atoms with Crippen LogP contribution in [0.2, 0.25) is 0 Å². The van der Waals surface area contributed by atoms with Crippen molar-refractivity contribution in [1.29, 1.82) is 0 Å². The van der Waals surface area contributed by atoms with Gasteiger partial charge >= 0.3 is 0 Å². The zero-order valence-electron chi connectivity index (χ0n) is 9.94. The standard InChI is InChI=1S/C11H20N4O/c1-12-10-7-14(8-10)11-3-4-13-15(9-11)5-6-16-2/h3-4,9-10,12-13H,5-8H2,1-2H3. The van der Waals surface area contributed by atoms with Gasteiger partial charge in [-0.1, -0.05) is 0 Å². The highest BCUT2D eigenvalue weighted by Crippen LogP contribution is 2.18. The van der Waals surface area contributed by atoms with Crippen LogP contribution in [0.3, 0.4) is 0 Å². The number of nitrogens with one attached hydrogen (secondary N) is 2. The first kappa shape index (κ1) is 11.3. The first-order chi connectivity index (χ1) is 7.83. The van der Waals surface area contributed by atoms with Gasteiger partial charge in [-0.2, -0.15) is 0 Å². The van der Waals surface area contributed by atoms with E-state index in [9.17, 15) is 0 Å². The number of nitrogens with zero attached hydrogens (tertiary/aromatic N) is 2. The molecule has 5 nitrogen and oxygen atoms in total. The highest BCUT2D eigenvalue weighted by atomic mass is 16.5. The van der Waals surface area contributed by atoms with E-state index in [1.54, 1.807) is 7.11 Å². The summed E-state index contributed by atoms with van der Waals surface area (Å²) < 4.78 is 5.06. The molecule has 90 valence electrons. The van der Waals surface area contributed by atoms with Gasteiger partial charge in [-0.15, -0.1) is 0 Å². The van der Waals surface area contributed by atoms with Gasteiger partial charge in [0.15, 0.2) is 0 Å². The number of allylic oxidation sites excluding steroid dienone is 1. The van der Waals surface area contributed by atoms with Gasteiger partial charge in [0, 0.05) is 38.6 Å². The summed E-state index contributed by atoms with van der Waals surface area (Å²) in [6.07, 6.45) is 6.21. The first-order valence-electron chi connectivity index (χ1n) is 5.66. The van der Waals surface area contributed by atoms with Gasteiger partial charge in [0.05, 0.1) is 18.8 Å². The number of likely N-dealkylation sites (N-methyl/N-ethyl adjacent to an activating group) is 1. The van der Waals surface area contributed by atoms with Crippen molar-refractivity contribution in [3.05, 3.63) is 24.2 Å². The van der Waals surface area contributed by atoms with Crippen molar-refractivity contribution in [3.63, 3.8) is 0 Å². The second kappa shape index (κ2) is 5.23. The molecule has 0 amide bonds. The molecule has 5 heteroatoms. The molecule has 2 aliphatic heterocycles. The van der Waals surface area contributed by atoms with Crippen molar-refractivity contribution in [2.75, 3.05) is 40.4 Å². The third-order valence-electron chi connectivity index (χ3n) is 2.97. The van der Waals surface area contributed by atoms with E-state index >= 15 is 0 Å². The Kier molecular flexibility index (Phi) is 3.69. The third kappa shape index (κ3) is 2.48. The summed E-state index contributed by atoms with van der Waals surface area (Å²) >= 11 is 0. The topological polar surface area (TPSA) is 39.8 Å². The van der Waals surface area contributed by atoms with E-state index in [1.165, 1.54) is 5.70 Å². The molecular formula is C11H20N4O. The van der Waals surface area contributed by atoms with Crippen LogP contribution in [0.15, 0.2) is 24.2 Å². The van der Waals surface area contributed by atoms with E-state index in [2.05, 4.69) is 27.9 Å². The maximum absolute atomic E-state index is 5.06. The second-order valence-electron chi connectivity index (χ2n) is 4.09. The Morgan fingerprint density at radius 2 is 2.38 bits per heavy atom. The van der Waals surface area contributed by atoms with Gasteiger partial charge in [-0.25, -0.2) is 0 Å². The lowest BCUT2D eigenvalue weighted by Gasteiger charge is -2.42. The Morgan fingerprint density at radius 1 is 1.56 bits per heavy atom. The van der Waals surface area contributed by atoms with Crippen molar-refractivity contribution in [1.82, 2.24) is 20.7 Å². The normalized spacial score (nSPS) is 20.5. The van der Waals surface area contributed by atoms with Gasteiger partial charge in [0.25, 0.3) is 0 Å². The Labute approximate surface area is 96.7 Å². The minimum Gasteiger partial charge on any atom is -0.383 e. The van der Waals surface area contributed by atoms with E-state index in [4.69, 9.17) is 4.74 Å². The van der Waals surface area contributed by atoms with Crippen molar-refractivity contribution in [2.45, 2.75) is 6.04 Å². The molecule has 0 bridgehead atoms. The Morgan fingerprint density at radius 3 is 3.06 bits per heavy atom. The molecule has 1 saturated heterocycles. The minimum absolute atomic E-state index is 0.636. The molecule has 0 aliphatic carbocycles. The summed E-state index contributed by atoms with van der Waals surface area (Å²) in [5, 5.41) is 5.32. The van der Waals surface area contributed by atoms with Crippen LogP contribution in [-0.2, 0) is 4.74 Å². The predicted molar refractivity (Wildman–Crippen MR) is 63.4 cm³/mol. The van der Waals surface area contributed by atoms with Crippen molar-refractivity contribution >= 4 is 0 Å². The van der Waals surface area contributed by atoms with Crippen LogP contribution < -0.4 is 10.7 Å². The molecule has 0 aromatic heterocycles. The molecule has 0 spiro atoms. The number of hydrazine groups is 1. The molecule has 0 saturated carbocycles. The molecular weight excluding hydrogens is 204 g/mol. The van der Waals surface area contributed by atoms with Crippen LogP contribution in [0.25, 0.3) is 0 Å². The number of hydrogen-bond donors (Lipinski definition) is 2. The molecule has 1 fully saturated rings. The summed E-state index contributed by atoms with van der Waals surface area (Å²) in [6.45, 7) is 3.76. The van der Waals surface area contributed by atoms with E-state index in [0.29, 0.717) is 6.04 Å². The van der Waals surface area contributed by atoms with Crippen LogP contribution in [0.4, 0.5) is 0 Å². The molecule has 2 rings (SSSR count). The first-order valence-corrected chi connectivity index (χ1v) is 5.66. The highest BCUT2D eigenvalue weighted by molar-refractivity contribution is 5.22. The van der Waals surface area contributed by atoms with Gasteiger partial charge < -0.3 is 20.4 Å². The Hall–Kier alpha value is -1.20. The van der Waals surface area contributed by atoms with E-state index in [-0.39, 0.29) is 0 Å². The zero-order chi connectivity index (χ0) is 11.4. The number of hydrogen-bond acceptors (Lipinski definition) is 5. The molecule has 0 aromatic rings. The van der Waals surface area contributed by atoms with Crippen LogP contribution in [0.5, 0.6) is 0 Å². The summed E-state index contributed by atoms with van der Waals surface area (Å²) in [5.74, 6) is 0. The summed E-state index contributed by atoms with van der Waals surface area (Å²) in [4.78, 5) is 2.36. The lowest BCUT2D eigenvalue weighted by atomic mass is 10.1. The smallest absolute Gasteiger partial charge is 0.0658 e. The van der Waals surface area contributed by atoms with Gasteiger partial charge in [-0.05, 0) is 13.1 Å². The van der Waals surface area contributed by atoms with E-state index in [1.807, 2.05) is 18.3 Å². The largest absolute Gasteiger partial charge is 0.383 e. The highest BCUT2D eigenvalue weighted by Gasteiger charge is 2.26. The Balaban J connectivity index is 1.84. The average molecular weight is 224 g/mol. The fraction of sp³-hybridized carbons (Fsp3) is 0.636. The van der Waals surface area contributed by atoms with Gasteiger partial charge in [-0.3, -0.25) is 5.01 Å². The molecule has 2 aliphatic rings. The van der Waals surface area contributed by atoms with Crippen LogP contribution in [0, 0.1) is 0 Å². The number of rotatable bonds is 5. The summed E-state index contributed by atoms with van der Waals surface area (Å²) in [5.41, 5.74) is 4.43. The quantitative estimate of drug-likeness (QED) is 0.671. The summed E-state index contributed by atoms with van der Waals surface area (Å²) in [7, 11) is 3.73. The Bertz CT molecular complexity index is 284. The van der Waals surface area contributed by atoms with Crippen molar-refractivity contribution < 1.29 is 4.74 Å². The van der Waals surface area contributed by atoms with E-state index < -0.39 is 0 Å². The molecule has 16 heavy (non-hydrogen) atoms. The second-order valence-corrected chi connectivity index (χ2v) is 4.09. The fourth-order valence-corrected chi connectivity index (χ4v) is 1.84. The lowest BCUT2D eigenvalue weighted by Crippen LogP contribution is -2.56. The molecule has 0 atom stereocenters. The van der Waals surface area contributed by atoms with Crippen LogP contribution >= 0.6 is 0 Å². The molecule has 0 aromatic carbocycles. The van der Waals surface area contributed by atoms with Crippen LogP contribution in [0.1, 0.15) is 0 Å². The zero-order valence-corrected chi connectivity index (χ0v) is 9.94. The maximum atomic E-state index is 5.06. The van der Waals surface area contributed by atoms with Gasteiger partial charge in [0.2, 0.25) is 0 Å². The fourth-order valence-electron chi connectivity index (χ4n) is 1.84. The van der Waals surface area contributed by atoms with E-state index in [0.717, 1.165) is 26.2 Å². The summed E-state index contributed by atoms with van der Waals surface area (Å²) in [6, 6.07) is 0.636. The molecule has 2 N–H and O–H groups in total. The predicted octanol–water partition coefficient (Wildman–Crippen LogP) is -0.288. The maximum Gasteiger partial charge on any atom is 0.0658 e. The SMILES string of the molecule is CNC1CN(C2=CN(CCOC)NC=C2)C1.